The summed E-state index contributed by atoms with van der Waals surface area (Å²) in [5.74, 6) is 0. The van der Waals surface area contributed by atoms with Gasteiger partial charge in [-0.3, -0.25) is 0 Å². The molecule has 0 aromatic carbocycles. The zero-order valence-electron chi connectivity index (χ0n) is 7.19. The van der Waals surface area contributed by atoms with Crippen molar-refractivity contribution in [1.29, 1.82) is 0 Å². The molecule has 0 saturated carbocycles. The average Bonchev–Trinajstić information content (AvgIpc) is 2.02. The highest BCUT2D eigenvalue weighted by Gasteiger charge is 2.05. The highest BCUT2D eigenvalue weighted by Crippen LogP contribution is 2.21. The third-order valence-corrected chi connectivity index (χ3v) is 2.63. The van der Waals surface area contributed by atoms with Crippen LogP contribution in [0.25, 0.3) is 0 Å². The molecule has 3 heteroatoms. The van der Waals surface area contributed by atoms with Crippen molar-refractivity contribution < 1.29 is 0 Å². The first kappa shape index (κ1) is 9.82. The molecule has 66 valence electrons. The van der Waals surface area contributed by atoms with Crippen molar-refractivity contribution in [3.05, 3.63) is 22.4 Å². The Bertz CT molecular complexity index is 274. The summed E-state index contributed by atoms with van der Waals surface area (Å²) in [6, 6.07) is 0. The third-order valence-electron chi connectivity index (χ3n) is 1.84. The van der Waals surface area contributed by atoms with Crippen LogP contribution in [0, 0.1) is 0 Å². The standard InChI is InChI=1S/C9H11Cl2N/c1-6-4-3-5-7(2)9(11)12-8(6)10/h4H,3,5H2,1-2H3. The van der Waals surface area contributed by atoms with Gasteiger partial charge in [-0.25, -0.2) is 4.99 Å². The van der Waals surface area contributed by atoms with Crippen LogP contribution in [0.15, 0.2) is 27.4 Å². The van der Waals surface area contributed by atoms with Crippen molar-refractivity contribution in [2.24, 2.45) is 4.99 Å². The molecule has 0 amide bonds. The van der Waals surface area contributed by atoms with Crippen LogP contribution in [-0.2, 0) is 0 Å². The first-order chi connectivity index (χ1) is 5.61. The number of aliphatic imine (C=N–C) groups is 1. The van der Waals surface area contributed by atoms with E-state index in [9.17, 15) is 0 Å². The molecule has 0 bridgehead atoms. The van der Waals surface area contributed by atoms with Gasteiger partial charge < -0.3 is 0 Å². The predicted octanol–water partition coefficient (Wildman–Crippen LogP) is 3.83. The van der Waals surface area contributed by atoms with E-state index >= 15 is 0 Å². The minimum Gasteiger partial charge on any atom is -0.224 e. The van der Waals surface area contributed by atoms with Gasteiger partial charge in [-0.05, 0) is 37.8 Å². The van der Waals surface area contributed by atoms with Gasteiger partial charge in [-0.2, -0.15) is 0 Å². The zero-order valence-corrected chi connectivity index (χ0v) is 8.71. The summed E-state index contributed by atoms with van der Waals surface area (Å²) >= 11 is 11.8. The van der Waals surface area contributed by atoms with E-state index in [1.807, 2.05) is 13.8 Å². The molecule has 1 aliphatic rings. The van der Waals surface area contributed by atoms with E-state index in [0.29, 0.717) is 10.3 Å². The Kier molecular flexibility index (Phi) is 3.36. The molecule has 0 saturated heterocycles. The highest BCUT2D eigenvalue weighted by molar-refractivity contribution is 6.69. The summed E-state index contributed by atoms with van der Waals surface area (Å²) in [7, 11) is 0. The number of rotatable bonds is 0. The van der Waals surface area contributed by atoms with Gasteiger partial charge in [0.1, 0.15) is 10.3 Å². The van der Waals surface area contributed by atoms with Gasteiger partial charge in [0.15, 0.2) is 0 Å². The fraction of sp³-hybridized carbons (Fsp3) is 0.444. The van der Waals surface area contributed by atoms with Crippen LogP contribution in [0.2, 0.25) is 0 Å². The fourth-order valence-corrected chi connectivity index (χ4v) is 1.35. The minimum atomic E-state index is 0.499. The van der Waals surface area contributed by atoms with Crippen LogP contribution in [0.4, 0.5) is 0 Å². The maximum atomic E-state index is 5.88. The Balaban J connectivity index is 3.02. The Morgan fingerprint density at radius 1 is 1.33 bits per heavy atom. The lowest BCUT2D eigenvalue weighted by molar-refractivity contribution is 0.957. The van der Waals surface area contributed by atoms with Crippen molar-refractivity contribution in [2.45, 2.75) is 26.7 Å². The molecule has 1 nitrogen and oxygen atoms in total. The van der Waals surface area contributed by atoms with Crippen LogP contribution in [-0.4, -0.2) is 5.17 Å². The second kappa shape index (κ2) is 4.11. The number of halogens is 2. The quantitative estimate of drug-likeness (QED) is 0.531. The molecule has 0 unspecified atom stereocenters. The largest absolute Gasteiger partial charge is 0.224 e. The molecular formula is C9H11Cl2N. The van der Waals surface area contributed by atoms with E-state index in [0.717, 1.165) is 24.0 Å². The SMILES string of the molecule is CC1=CCCC(C)=C(Cl)N=C1Cl. The highest BCUT2D eigenvalue weighted by atomic mass is 35.5. The maximum Gasteiger partial charge on any atom is 0.133 e. The monoisotopic (exact) mass is 203 g/mol. The van der Waals surface area contributed by atoms with Crippen LogP contribution < -0.4 is 0 Å². The number of hydrogen-bond acceptors (Lipinski definition) is 1. The lowest BCUT2D eigenvalue weighted by Gasteiger charge is -2.06. The van der Waals surface area contributed by atoms with Crippen molar-refractivity contribution in [3.8, 4) is 0 Å². The molecule has 0 aliphatic carbocycles. The van der Waals surface area contributed by atoms with Crippen LogP contribution >= 0.6 is 23.2 Å². The Hall–Kier alpha value is -0.270. The molecule has 1 rings (SSSR count). The summed E-state index contributed by atoms with van der Waals surface area (Å²) < 4.78 is 0. The number of nitrogens with zero attached hydrogens (tertiary/aromatic N) is 1. The van der Waals surface area contributed by atoms with Crippen molar-refractivity contribution in [1.82, 2.24) is 0 Å². The summed E-state index contributed by atoms with van der Waals surface area (Å²) in [6.45, 7) is 3.92. The number of allylic oxidation sites excluding steroid dienone is 3. The summed E-state index contributed by atoms with van der Waals surface area (Å²) in [5.41, 5.74) is 2.10. The molecule has 1 aliphatic heterocycles. The first-order valence-electron chi connectivity index (χ1n) is 3.88. The zero-order chi connectivity index (χ0) is 9.14. The maximum absolute atomic E-state index is 5.88. The molecule has 1 heterocycles. The summed E-state index contributed by atoms with van der Waals surface area (Å²) in [6.07, 6.45) is 4.03. The Labute approximate surface area is 82.8 Å². The van der Waals surface area contributed by atoms with E-state index in [1.54, 1.807) is 0 Å². The van der Waals surface area contributed by atoms with Gasteiger partial charge in [-0.1, -0.05) is 29.3 Å². The molecule has 0 atom stereocenters. The van der Waals surface area contributed by atoms with Gasteiger partial charge >= 0.3 is 0 Å². The smallest absolute Gasteiger partial charge is 0.133 e. The van der Waals surface area contributed by atoms with Gasteiger partial charge in [0.25, 0.3) is 0 Å². The molecular weight excluding hydrogens is 193 g/mol. The normalized spacial score (nSPS) is 19.7. The molecule has 0 radical (unpaired) electrons. The van der Waals surface area contributed by atoms with E-state index in [-0.39, 0.29) is 0 Å². The van der Waals surface area contributed by atoms with Gasteiger partial charge in [0, 0.05) is 0 Å². The van der Waals surface area contributed by atoms with E-state index < -0.39 is 0 Å². The van der Waals surface area contributed by atoms with Crippen molar-refractivity contribution >= 4 is 28.4 Å². The fourth-order valence-electron chi connectivity index (χ4n) is 0.962. The van der Waals surface area contributed by atoms with Crippen LogP contribution in [0.1, 0.15) is 26.7 Å². The van der Waals surface area contributed by atoms with E-state index in [2.05, 4.69) is 11.1 Å². The van der Waals surface area contributed by atoms with Crippen molar-refractivity contribution in [2.75, 3.05) is 0 Å². The van der Waals surface area contributed by atoms with Crippen LogP contribution in [0.5, 0.6) is 0 Å². The third kappa shape index (κ3) is 2.36. The molecule has 0 fully saturated rings. The Morgan fingerprint density at radius 2 is 2.00 bits per heavy atom. The second-order valence-electron chi connectivity index (χ2n) is 2.90. The average molecular weight is 204 g/mol. The molecule has 0 spiro atoms. The van der Waals surface area contributed by atoms with Crippen LogP contribution in [0.3, 0.4) is 0 Å². The number of hydrogen-bond donors (Lipinski definition) is 0. The summed E-state index contributed by atoms with van der Waals surface area (Å²) in [5, 5.41) is 1.03. The van der Waals surface area contributed by atoms with Gasteiger partial charge in [0.2, 0.25) is 0 Å². The molecule has 12 heavy (non-hydrogen) atoms. The topological polar surface area (TPSA) is 12.4 Å². The van der Waals surface area contributed by atoms with Gasteiger partial charge in [0.05, 0.1) is 0 Å². The van der Waals surface area contributed by atoms with Crippen molar-refractivity contribution in [3.63, 3.8) is 0 Å². The molecule has 0 N–H and O–H groups in total. The van der Waals surface area contributed by atoms with Gasteiger partial charge in [-0.15, -0.1) is 0 Å². The Morgan fingerprint density at radius 3 is 2.67 bits per heavy atom. The lowest BCUT2D eigenvalue weighted by atomic mass is 10.1. The van der Waals surface area contributed by atoms with E-state index in [4.69, 9.17) is 23.2 Å². The predicted molar refractivity (Wildman–Crippen MR) is 54.8 cm³/mol. The summed E-state index contributed by atoms with van der Waals surface area (Å²) in [4.78, 5) is 4.06. The second-order valence-corrected chi connectivity index (χ2v) is 3.62. The molecule has 0 aromatic rings. The van der Waals surface area contributed by atoms with E-state index in [1.165, 1.54) is 0 Å². The first-order valence-corrected chi connectivity index (χ1v) is 4.63. The molecule has 0 aromatic heterocycles. The lowest BCUT2D eigenvalue weighted by Crippen LogP contribution is -1.94. The minimum absolute atomic E-state index is 0.499.